The molecule has 6 atom stereocenters. The van der Waals surface area contributed by atoms with E-state index in [1.165, 1.54) is 20.1 Å². The van der Waals surface area contributed by atoms with Crippen molar-refractivity contribution in [2.75, 3.05) is 53.2 Å². The summed E-state index contributed by atoms with van der Waals surface area (Å²) in [7, 11) is -15.3. The van der Waals surface area contributed by atoms with Crippen LogP contribution in [0.1, 0.15) is 48.3 Å². The highest BCUT2D eigenvalue weighted by Crippen LogP contribution is 2.66. The van der Waals surface area contributed by atoms with E-state index in [1.807, 2.05) is 6.07 Å². The standard InChI is InChI=1S/C35H45N6O18P3/c1-24(42)8-6-15-38-35(44)25-9-5-11-27(18-25)55-23-33(39-40-36)54-17-16-53-22-32(43)37-14-7-10-26-20-41(29-13-4-3-12-28(26)29)34-19-30(52-2)31(57-34)21-56-61(48,49)59-62(50,51)58-60(45,46)47/h3-5,9,11-13,18,20,30-31,33-34H,6,8,14-17,19,21-23H2,1-2H3,(H,37,43)(H,38,44)(H,48,49)(H,50,51)(H2,45,46,47). The molecule has 338 valence electrons. The summed E-state index contributed by atoms with van der Waals surface area (Å²) < 4.78 is 76.9. The Morgan fingerprint density at radius 1 is 1.05 bits per heavy atom. The Morgan fingerprint density at radius 3 is 2.55 bits per heavy atom. The fourth-order valence-corrected chi connectivity index (χ4v) is 8.76. The van der Waals surface area contributed by atoms with Crippen LogP contribution in [0.5, 0.6) is 5.75 Å². The third-order valence-corrected chi connectivity index (χ3v) is 12.2. The normalized spacial score (nSPS) is 18.6. The minimum Gasteiger partial charge on any atom is -0.491 e. The third-order valence-electron chi connectivity index (χ3n) is 8.38. The summed E-state index contributed by atoms with van der Waals surface area (Å²) in [4.78, 5) is 75.4. The number of para-hydroxylation sites is 1. The van der Waals surface area contributed by atoms with Gasteiger partial charge in [-0.3, -0.25) is 14.1 Å². The van der Waals surface area contributed by atoms with Crippen molar-refractivity contribution >= 4 is 52.0 Å². The van der Waals surface area contributed by atoms with Gasteiger partial charge in [0.05, 0.1) is 43.5 Å². The van der Waals surface area contributed by atoms with Crippen molar-refractivity contribution in [1.82, 2.24) is 15.2 Å². The molecule has 4 rings (SSSR count). The highest BCUT2D eigenvalue weighted by atomic mass is 31.3. The Balaban J connectivity index is 1.21. The predicted octanol–water partition coefficient (Wildman–Crippen LogP) is 3.60. The lowest BCUT2D eigenvalue weighted by molar-refractivity contribution is -0.126. The van der Waals surface area contributed by atoms with E-state index in [1.54, 1.807) is 47.2 Å². The Morgan fingerprint density at radius 2 is 1.82 bits per heavy atom. The summed E-state index contributed by atoms with van der Waals surface area (Å²) in [5.74, 6) is 5.46. The Labute approximate surface area is 354 Å². The average Bonchev–Trinajstić information content (AvgIpc) is 3.79. The van der Waals surface area contributed by atoms with E-state index in [9.17, 15) is 37.9 Å². The van der Waals surface area contributed by atoms with Gasteiger partial charge in [0.15, 0.2) is 6.23 Å². The maximum atomic E-state index is 12.4. The second-order valence-corrected chi connectivity index (χ2v) is 17.5. The molecule has 6 unspecified atom stereocenters. The fraction of sp³-hybridized carbons (Fsp3) is 0.457. The van der Waals surface area contributed by atoms with Gasteiger partial charge in [0.2, 0.25) is 5.91 Å². The first-order chi connectivity index (χ1) is 29.4. The summed E-state index contributed by atoms with van der Waals surface area (Å²) in [5.41, 5.74) is 10.6. The second kappa shape index (κ2) is 23.8. The van der Waals surface area contributed by atoms with Crippen LogP contribution in [0.15, 0.2) is 59.8 Å². The van der Waals surface area contributed by atoms with Crippen LogP contribution in [0.4, 0.5) is 0 Å². The molecule has 0 spiro atoms. The summed E-state index contributed by atoms with van der Waals surface area (Å²) in [5, 5.41) is 9.65. The molecule has 2 heterocycles. The number of nitrogens with one attached hydrogen (secondary N) is 2. The van der Waals surface area contributed by atoms with Gasteiger partial charge in [-0.05, 0) is 43.1 Å². The molecule has 0 saturated carbocycles. The van der Waals surface area contributed by atoms with Crippen molar-refractivity contribution in [2.24, 2.45) is 5.11 Å². The number of phosphoric acid groups is 3. The van der Waals surface area contributed by atoms with E-state index in [4.69, 9.17) is 43.5 Å². The zero-order chi connectivity index (χ0) is 45.3. The van der Waals surface area contributed by atoms with Crippen molar-refractivity contribution in [3.05, 3.63) is 76.3 Å². The van der Waals surface area contributed by atoms with Crippen molar-refractivity contribution < 1.29 is 84.5 Å². The summed E-state index contributed by atoms with van der Waals surface area (Å²) in [6.07, 6.45) is -0.651. The van der Waals surface area contributed by atoms with Crippen LogP contribution >= 0.6 is 23.5 Å². The quantitative estimate of drug-likeness (QED) is 0.0176. The summed E-state index contributed by atoms with van der Waals surface area (Å²) >= 11 is 0. The van der Waals surface area contributed by atoms with E-state index in [2.05, 4.69) is 41.1 Å². The van der Waals surface area contributed by atoms with Crippen LogP contribution in [0.25, 0.3) is 21.3 Å². The van der Waals surface area contributed by atoms with Gasteiger partial charge in [0.25, 0.3) is 5.91 Å². The molecule has 3 aromatic rings. The molecule has 1 aliphatic rings. The van der Waals surface area contributed by atoms with Crippen LogP contribution in [0.2, 0.25) is 0 Å². The number of phosphoric ester groups is 1. The number of carbonyl (C=O) groups is 3. The molecule has 1 aliphatic heterocycles. The minimum absolute atomic E-state index is 0.0261. The largest absolute Gasteiger partial charge is 0.491 e. The van der Waals surface area contributed by atoms with Crippen molar-refractivity contribution in [2.45, 2.75) is 50.8 Å². The molecule has 24 nitrogen and oxygen atoms in total. The maximum absolute atomic E-state index is 12.4. The number of aromatic nitrogens is 1. The van der Waals surface area contributed by atoms with E-state index < -0.39 is 60.6 Å². The zero-order valence-electron chi connectivity index (χ0n) is 33.2. The number of ketones is 1. The smallest absolute Gasteiger partial charge is 0.490 e. The molecule has 2 aromatic carbocycles. The molecule has 27 heteroatoms. The van der Waals surface area contributed by atoms with Gasteiger partial charge in [-0.1, -0.05) is 41.2 Å². The zero-order valence-corrected chi connectivity index (χ0v) is 35.9. The number of methoxy groups -OCH3 is 1. The number of azide groups is 1. The topological polar surface area (TPSA) is 335 Å². The highest BCUT2D eigenvalue weighted by Gasteiger charge is 2.43. The summed E-state index contributed by atoms with van der Waals surface area (Å²) in [6.45, 7) is 0.531. The van der Waals surface area contributed by atoms with E-state index in [0.29, 0.717) is 41.8 Å². The molecular weight excluding hydrogens is 885 g/mol. The third kappa shape index (κ3) is 17.0. The number of Topliss-reactive ketones (excluding diaryl/α,β-unsaturated/α-hetero) is 1. The van der Waals surface area contributed by atoms with Gasteiger partial charge in [-0.2, -0.15) is 8.62 Å². The molecular formula is C35H45N6O18P3. The number of hydrogen-bond donors (Lipinski definition) is 6. The SMILES string of the molecule is COC1CC(n2cc(C#CCNC(=O)COCCOC(COc3cccc(C(=O)NCCCC(C)=O)c3)N=[N+]=[N-])c3ccccc32)OC1COP(=O)(O)OP(=O)(O)OP(=O)(O)O. The molecule has 0 radical (unpaired) electrons. The molecule has 1 aromatic heterocycles. The van der Waals surface area contributed by atoms with Gasteiger partial charge in [-0.15, -0.1) is 0 Å². The van der Waals surface area contributed by atoms with Crippen LogP contribution in [-0.2, 0) is 55.4 Å². The second-order valence-electron chi connectivity index (χ2n) is 13.1. The highest BCUT2D eigenvalue weighted by molar-refractivity contribution is 7.66. The van der Waals surface area contributed by atoms with Gasteiger partial charge in [0.1, 0.15) is 37.1 Å². The number of benzene rings is 2. The Hall–Kier alpha value is -4.49. The Bertz CT molecular complexity index is 2290. The molecule has 6 N–H and O–H groups in total. The Kier molecular flexibility index (Phi) is 19.3. The van der Waals surface area contributed by atoms with Crippen molar-refractivity contribution in [3.8, 4) is 17.6 Å². The lowest BCUT2D eigenvalue weighted by atomic mass is 10.2. The number of rotatable bonds is 25. The van der Waals surface area contributed by atoms with E-state index >= 15 is 0 Å². The number of carbonyl (C=O) groups excluding carboxylic acids is 3. The summed E-state index contributed by atoms with van der Waals surface area (Å²) in [6, 6.07) is 13.6. The molecule has 1 saturated heterocycles. The fourth-order valence-electron chi connectivity index (χ4n) is 5.73. The van der Waals surface area contributed by atoms with Gasteiger partial charge < -0.3 is 63.3 Å². The van der Waals surface area contributed by atoms with E-state index in [0.717, 1.165) is 5.39 Å². The number of fused-ring (bicyclic) bond motifs is 1. The number of nitrogens with zero attached hydrogens (tertiary/aromatic N) is 4. The van der Waals surface area contributed by atoms with Crippen LogP contribution < -0.4 is 15.4 Å². The van der Waals surface area contributed by atoms with Gasteiger partial charge in [-0.25, -0.2) is 13.7 Å². The number of hydrogen-bond acceptors (Lipinski definition) is 15. The first kappa shape index (κ1) is 50.2. The molecule has 1 fully saturated rings. The van der Waals surface area contributed by atoms with E-state index in [-0.39, 0.29) is 51.1 Å². The minimum atomic E-state index is -5.70. The molecule has 0 bridgehead atoms. The predicted molar refractivity (Wildman–Crippen MR) is 215 cm³/mol. The van der Waals surface area contributed by atoms with Crippen molar-refractivity contribution in [1.29, 1.82) is 0 Å². The number of amides is 2. The molecule has 0 aliphatic carbocycles. The lowest BCUT2D eigenvalue weighted by Gasteiger charge is -2.20. The lowest BCUT2D eigenvalue weighted by Crippen LogP contribution is -2.29. The average molecular weight is 931 g/mol. The molecule has 62 heavy (non-hydrogen) atoms. The van der Waals surface area contributed by atoms with Crippen LogP contribution in [0, 0.1) is 11.8 Å². The van der Waals surface area contributed by atoms with Crippen LogP contribution in [0.3, 0.4) is 0 Å². The maximum Gasteiger partial charge on any atom is 0.490 e. The van der Waals surface area contributed by atoms with Crippen LogP contribution in [-0.4, -0.2) is 113 Å². The van der Waals surface area contributed by atoms with Crippen molar-refractivity contribution in [3.63, 3.8) is 0 Å². The van der Waals surface area contributed by atoms with Gasteiger partial charge in [0, 0.05) is 48.6 Å². The first-order valence-electron chi connectivity index (χ1n) is 18.4. The number of ether oxygens (including phenoxy) is 5. The first-order valence-corrected chi connectivity index (χ1v) is 23.0. The molecule has 2 amide bonds. The monoisotopic (exact) mass is 930 g/mol. The van der Waals surface area contributed by atoms with Gasteiger partial charge >= 0.3 is 23.5 Å².